The molecule has 0 fully saturated rings. The minimum absolute atomic E-state index is 0.0144. The number of nitrogen functional groups attached to an aromatic ring is 1. The summed E-state index contributed by atoms with van der Waals surface area (Å²) in [5, 5.41) is 8.92. The molecule has 7 heteroatoms. The highest BCUT2D eigenvalue weighted by atomic mass is 32.2. The van der Waals surface area contributed by atoms with E-state index < -0.39 is 21.9 Å². The van der Waals surface area contributed by atoms with Crippen molar-refractivity contribution in [2.24, 2.45) is 5.92 Å². The highest BCUT2D eigenvalue weighted by Gasteiger charge is 2.22. The van der Waals surface area contributed by atoms with Gasteiger partial charge in [-0.15, -0.1) is 0 Å². The molecule has 0 saturated carbocycles. The molecular formula is C12H19FN2O3S. The lowest BCUT2D eigenvalue weighted by Gasteiger charge is -2.21. The summed E-state index contributed by atoms with van der Waals surface area (Å²) < 4.78 is 39.9. The van der Waals surface area contributed by atoms with Gasteiger partial charge in [0.2, 0.25) is 10.0 Å². The predicted molar refractivity (Wildman–Crippen MR) is 71.5 cm³/mol. The van der Waals surface area contributed by atoms with Crippen LogP contribution in [0.2, 0.25) is 0 Å². The number of aliphatic hydroxyl groups is 1. The van der Waals surface area contributed by atoms with Gasteiger partial charge in [0.1, 0.15) is 5.82 Å². The molecule has 5 nitrogen and oxygen atoms in total. The molecular weight excluding hydrogens is 271 g/mol. The number of hydrogen-bond donors (Lipinski definition) is 3. The Balaban J connectivity index is 2.99. The van der Waals surface area contributed by atoms with E-state index in [0.717, 1.165) is 6.07 Å². The van der Waals surface area contributed by atoms with Crippen molar-refractivity contribution >= 4 is 15.7 Å². The highest BCUT2D eigenvalue weighted by Crippen LogP contribution is 2.18. The van der Waals surface area contributed by atoms with Gasteiger partial charge in [-0.1, -0.05) is 13.8 Å². The zero-order valence-corrected chi connectivity index (χ0v) is 11.7. The van der Waals surface area contributed by atoms with Crippen LogP contribution in [0.1, 0.15) is 20.3 Å². The Morgan fingerprint density at radius 2 is 2.05 bits per heavy atom. The molecule has 0 aliphatic heterocycles. The molecule has 1 aromatic rings. The van der Waals surface area contributed by atoms with E-state index in [9.17, 15) is 12.8 Å². The Morgan fingerprint density at radius 1 is 1.42 bits per heavy atom. The van der Waals surface area contributed by atoms with Gasteiger partial charge in [-0.3, -0.25) is 0 Å². The van der Waals surface area contributed by atoms with Crippen molar-refractivity contribution in [1.82, 2.24) is 4.72 Å². The molecule has 0 heterocycles. The van der Waals surface area contributed by atoms with Crippen molar-refractivity contribution in [3.8, 4) is 0 Å². The van der Waals surface area contributed by atoms with Crippen molar-refractivity contribution < 1.29 is 17.9 Å². The van der Waals surface area contributed by atoms with Gasteiger partial charge in [0, 0.05) is 12.6 Å². The van der Waals surface area contributed by atoms with Crippen LogP contribution in [-0.4, -0.2) is 26.2 Å². The van der Waals surface area contributed by atoms with Crippen molar-refractivity contribution in [3.05, 3.63) is 24.0 Å². The molecule has 0 aliphatic rings. The van der Waals surface area contributed by atoms with Gasteiger partial charge < -0.3 is 10.8 Å². The number of rotatable bonds is 6. The third kappa shape index (κ3) is 4.15. The third-order valence-corrected chi connectivity index (χ3v) is 4.32. The summed E-state index contributed by atoms with van der Waals surface area (Å²) in [6, 6.07) is 2.93. The molecule has 1 aromatic carbocycles. The standard InChI is InChI=1S/C12H19FN2O3S/c1-8(2)12(5-6-16)15-19(17,18)9-3-4-11(14)10(13)7-9/h3-4,7-8,12,15-16H,5-6,14H2,1-2H3. The van der Waals surface area contributed by atoms with E-state index in [0.29, 0.717) is 6.42 Å². The zero-order chi connectivity index (χ0) is 14.6. The first kappa shape index (κ1) is 15.9. The first-order chi connectivity index (χ1) is 8.77. The number of benzene rings is 1. The summed E-state index contributed by atoms with van der Waals surface area (Å²) in [7, 11) is -3.82. The largest absolute Gasteiger partial charge is 0.396 e. The summed E-state index contributed by atoms with van der Waals surface area (Å²) in [5.41, 5.74) is 5.20. The average Bonchev–Trinajstić information content (AvgIpc) is 2.31. The third-order valence-electron chi connectivity index (χ3n) is 2.83. The smallest absolute Gasteiger partial charge is 0.240 e. The quantitative estimate of drug-likeness (QED) is 0.684. The van der Waals surface area contributed by atoms with Gasteiger partial charge in [-0.25, -0.2) is 17.5 Å². The normalized spacial score (nSPS) is 13.7. The second-order valence-electron chi connectivity index (χ2n) is 4.67. The lowest BCUT2D eigenvalue weighted by atomic mass is 10.0. The van der Waals surface area contributed by atoms with Crippen molar-refractivity contribution in [2.45, 2.75) is 31.2 Å². The number of halogens is 1. The molecule has 1 atom stereocenters. The Morgan fingerprint density at radius 3 is 2.53 bits per heavy atom. The van der Waals surface area contributed by atoms with Crippen LogP contribution in [0.25, 0.3) is 0 Å². The molecule has 0 spiro atoms. The molecule has 0 radical (unpaired) electrons. The SMILES string of the molecule is CC(C)C(CCO)NS(=O)(=O)c1ccc(N)c(F)c1. The molecule has 0 aliphatic carbocycles. The van der Waals surface area contributed by atoms with Gasteiger partial charge in [0.15, 0.2) is 0 Å². The minimum atomic E-state index is -3.82. The van der Waals surface area contributed by atoms with Gasteiger partial charge >= 0.3 is 0 Å². The molecule has 19 heavy (non-hydrogen) atoms. The summed E-state index contributed by atoms with van der Waals surface area (Å²) in [5.74, 6) is -0.758. The molecule has 108 valence electrons. The summed E-state index contributed by atoms with van der Waals surface area (Å²) in [6.07, 6.45) is 0.300. The first-order valence-corrected chi connectivity index (χ1v) is 7.44. The van der Waals surface area contributed by atoms with Crippen LogP contribution in [0.4, 0.5) is 10.1 Å². The molecule has 0 saturated heterocycles. The minimum Gasteiger partial charge on any atom is -0.396 e. The summed E-state index contributed by atoms with van der Waals surface area (Å²) >= 11 is 0. The molecule has 4 N–H and O–H groups in total. The fourth-order valence-corrected chi connectivity index (χ4v) is 3.04. The highest BCUT2D eigenvalue weighted by molar-refractivity contribution is 7.89. The zero-order valence-electron chi connectivity index (χ0n) is 10.9. The van der Waals surface area contributed by atoms with Gasteiger partial charge in [0.05, 0.1) is 10.6 Å². The van der Waals surface area contributed by atoms with Crippen LogP contribution in [0, 0.1) is 11.7 Å². The average molecular weight is 290 g/mol. The van der Waals surface area contributed by atoms with E-state index in [-0.39, 0.29) is 23.1 Å². The van der Waals surface area contributed by atoms with Crippen LogP contribution in [0.5, 0.6) is 0 Å². The van der Waals surface area contributed by atoms with Crippen LogP contribution in [-0.2, 0) is 10.0 Å². The van der Waals surface area contributed by atoms with Crippen LogP contribution >= 0.6 is 0 Å². The summed E-state index contributed by atoms with van der Waals surface area (Å²) in [6.45, 7) is 3.56. The Hall–Kier alpha value is -1.18. The topological polar surface area (TPSA) is 92.4 Å². The van der Waals surface area contributed by atoms with Crippen LogP contribution in [0.15, 0.2) is 23.1 Å². The van der Waals surface area contributed by atoms with Crippen LogP contribution in [0.3, 0.4) is 0 Å². The van der Waals surface area contributed by atoms with Gasteiger partial charge in [-0.05, 0) is 30.5 Å². The van der Waals surface area contributed by atoms with Crippen molar-refractivity contribution in [1.29, 1.82) is 0 Å². The molecule has 1 unspecified atom stereocenters. The molecule has 1 rings (SSSR count). The molecule has 0 aromatic heterocycles. The monoisotopic (exact) mass is 290 g/mol. The predicted octanol–water partition coefficient (Wildman–Crippen LogP) is 1.09. The number of sulfonamides is 1. The van der Waals surface area contributed by atoms with Crippen LogP contribution < -0.4 is 10.5 Å². The van der Waals surface area contributed by atoms with E-state index in [1.807, 2.05) is 13.8 Å². The number of anilines is 1. The second kappa shape index (κ2) is 6.31. The van der Waals surface area contributed by atoms with E-state index >= 15 is 0 Å². The Labute approximate surface area is 112 Å². The van der Waals surface area contributed by atoms with E-state index in [1.165, 1.54) is 12.1 Å². The number of nitrogens with one attached hydrogen (secondary N) is 1. The lowest BCUT2D eigenvalue weighted by Crippen LogP contribution is -2.39. The van der Waals surface area contributed by atoms with E-state index in [1.54, 1.807) is 0 Å². The molecule has 0 bridgehead atoms. The maximum absolute atomic E-state index is 13.3. The number of nitrogens with two attached hydrogens (primary N) is 1. The molecule has 0 amide bonds. The van der Waals surface area contributed by atoms with Gasteiger partial charge in [-0.2, -0.15) is 0 Å². The number of hydrogen-bond acceptors (Lipinski definition) is 4. The first-order valence-electron chi connectivity index (χ1n) is 5.96. The maximum Gasteiger partial charge on any atom is 0.240 e. The van der Waals surface area contributed by atoms with E-state index in [2.05, 4.69) is 4.72 Å². The Bertz CT molecular complexity index is 532. The lowest BCUT2D eigenvalue weighted by molar-refractivity contribution is 0.256. The summed E-state index contributed by atoms with van der Waals surface area (Å²) in [4.78, 5) is -0.178. The van der Waals surface area contributed by atoms with Crippen molar-refractivity contribution in [2.75, 3.05) is 12.3 Å². The fourth-order valence-electron chi connectivity index (χ4n) is 1.61. The maximum atomic E-state index is 13.3. The van der Waals surface area contributed by atoms with Gasteiger partial charge in [0.25, 0.3) is 0 Å². The van der Waals surface area contributed by atoms with Crippen molar-refractivity contribution in [3.63, 3.8) is 0 Å². The fraction of sp³-hybridized carbons (Fsp3) is 0.500. The number of aliphatic hydroxyl groups excluding tert-OH is 1. The Kier molecular flexibility index (Phi) is 5.28. The van der Waals surface area contributed by atoms with E-state index in [4.69, 9.17) is 10.8 Å². The second-order valence-corrected chi connectivity index (χ2v) is 6.38.